The summed E-state index contributed by atoms with van der Waals surface area (Å²) in [6.07, 6.45) is -10.2. The molecule has 1 amide bonds. The van der Waals surface area contributed by atoms with Crippen molar-refractivity contribution >= 4 is 29.5 Å². The van der Waals surface area contributed by atoms with Gasteiger partial charge in [0, 0.05) is 23.2 Å². The Labute approximate surface area is 233 Å². The summed E-state index contributed by atoms with van der Waals surface area (Å²) in [5.41, 5.74) is 15.5. The van der Waals surface area contributed by atoms with E-state index in [-0.39, 0.29) is 17.6 Å². The first kappa shape index (κ1) is 34.6. The largest absolute Gasteiger partial charge is 0.490 e. The summed E-state index contributed by atoms with van der Waals surface area (Å²) in [6, 6.07) is 21.9. The number of aliphatic carboxylic acids is 2. The highest BCUT2D eigenvalue weighted by Crippen LogP contribution is 2.24. The van der Waals surface area contributed by atoms with Crippen molar-refractivity contribution in [2.24, 2.45) is 11.5 Å². The Balaban J connectivity index is 0.000000522. The van der Waals surface area contributed by atoms with Crippen LogP contribution < -0.4 is 16.8 Å². The fraction of sp³-hybridized carbons (Fsp3) is 0.115. The fourth-order valence-electron chi connectivity index (χ4n) is 2.92. The number of carboxylic acids is 2. The van der Waals surface area contributed by atoms with E-state index in [1.54, 1.807) is 30.3 Å². The lowest BCUT2D eigenvalue weighted by Crippen LogP contribution is -2.23. The summed E-state index contributed by atoms with van der Waals surface area (Å²) in [5.74, 6) is -5.82. The molecule has 16 heteroatoms. The smallest absolute Gasteiger partial charge is 0.475 e. The Bertz CT molecular complexity index is 1430. The van der Waals surface area contributed by atoms with Crippen molar-refractivity contribution in [3.05, 3.63) is 95.1 Å². The third kappa shape index (κ3) is 11.4. The number of rotatable bonds is 6. The van der Waals surface area contributed by atoms with E-state index in [0.29, 0.717) is 23.2 Å². The highest BCUT2D eigenvalue weighted by Gasteiger charge is 2.38. The molecular weight excluding hydrogens is 576 g/mol. The molecule has 0 heterocycles. The van der Waals surface area contributed by atoms with Gasteiger partial charge >= 0.3 is 24.3 Å². The molecule has 3 rings (SSSR count). The number of nitrogens with one attached hydrogen (secondary N) is 3. The monoisotopic (exact) mass is 599 g/mol. The lowest BCUT2D eigenvalue weighted by Gasteiger charge is -2.12. The van der Waals surface area contributed by atoms with Gasteiger partial charge in [0.2, 0.25) is 0 Å². The van der Waals surface area contributed by atoms with E-state index in [0.717, 1.165) is 16.7 Å². The number of hydrogen-bond donors (Lipinski definition) is 7. The standard InChI is InChI=1S/C22H21N5O.2C2HF3O2/c23-20(24)15-7-3-6-14(11-15)19-10-2-1-5-18(19)13-27-22(28)17-9-4-8-16(12-17)21(25)26;2*3-2(4,5)1(6)7/h1-12H,13H2,(H3,23,24)(H3,25,26)(H,27,28);2*(H,6,7). The van der Waals surface area contributed by atoms with Crippen LogP contribution >= 0.6 is 0 Å². The molecule has 3 aromatic carbocycles. The summed E-state index contributed by atoms with van der Waals surface area (Å²) in [7, 11) is 0. The van der Waals surface area contributed by atoms with Crippen LogP contribution in [0.2, 0.25) is 0 Å². The summed E-state index contributed by atoms with van der Waals surface area (Å²) in [4.78, 5) is 30.3. The van der Waals surface area contributed by atoms with Crippen molar-refractivity contribution in [3.8, 4) is 11.1 Å². The van der Waals surface area contributed by atoms with Crippen LogP contribution in [0.5, 0.6) is 0 Å². The number of carboxylic acid groups (broad SMARTS) is 2. The van der Waals surface area contributed by atoms with Gasteiger partial charge in [0.05, 0.1) is 0 Å². The third-order valence-electron chi connectivity index (χ3n) is 4.86. The van der Waals surface area contributed by atoms with Crippen LogP contribution in [0.15, 0.2) is 72.8 Å². The molecule has 0 atom stereocenters. The number of alkyl halides is 6. The van der Waals surface area contributed by atoms with E-state index in [4.69, 9.17) is 42.1 Å². The molecule has 0 aliphatic rings. The van der Waals surface area contributed by atoms with Crippen LogP contribution in [-0.2, 0) is 16.1 Å². The average molecular weight is 599 g/mol. The van der Waals surface area contributed by atoms with Gasteiger partial charge in [-0.1, -0.05) is 54.6 Å². The summed E-state index contributed by atoms with van der Waals surface area (Å²) >= 11 is 0. The van der Waals surface area contributed by atoms with E-state index >= 15 is 0 Å². The highest BCUT2D eigenvalue weighted by atomic mass is 19.4. The second-order valence-electron chi connectivity index (χ2n) is 7.93. The quantitative estimate of drug-likeness (QED) is 0.125. The number of carbonyl (C=O) groups excluding carboxylic acids is 1. The van der Waals surface area contributed by atoms with Gasteiger partial charge in [-0.05, 0) is 34.9 Å². The Morgan fingerprint density at radius 3 is 1.60 bits per heavy atom. The summed E-state index contributed by atoms with van der Waals surface area (Å²) in [5, 5.41) is 32.3. The lowest BCUT2D eigenvalue weighted by atomic mass is 9.97. The molecule has 0 aliphatic heterocycles. The first-order valence-electron chi connectivity index (χ1n) is 11.2. The van der Waals surface area contributed by atoms with E-state index in [9.17, 15) is 31.1 Å². The molecule has 3 aromatic rings. The fourth-order valence-corrected chi connectivity index (χ4v) is 2.92. The van der Waals surface area contributed by atoms with Crippen molar-refractivity contribution in [3.63, 3.8) is 0 Å². The predicted octanol–water partition coefficient (Wildman–Crippen LogP) is 4.12. The van der Waals surface area contributed by atoms with E-state index in [1.165, 1.54) is 0 Å². The van der Waals surface area contributed by atoms with Gasteiger partial charge in [-0.15, -0.1) is 0 Å². The zero-order chi connectivity index (χ0) is 32.3. The minimum absolute atomic E-state index is 0.0120. The number of nitrogen functional groups attached to an aromatic ring is 2. The van der Waals surface area contributed by atoms with Gasteiger partial charge in [-0.3, -0.25) is 15.6 Å². The number of benzene rings is 3. The maximum Gasteiger partial charge on any atom is 0.490 e. The molecule has 0 spiro atoms. The lowest BCUT2D eigenvalue weighted by molar-refractivity contribution is -0.193. The van der Waals surface area contributed by atoms with Crippen molar-refractivity contribution < 1.29 is 50.9 Å². The van der Waals surface area contributed by atoms with Crippen molar-refractivity contribution in [1.82, 2.24) is 5.32 Å². The number of amides is 1. The summed E-state index contributed by atoms with van der Waals surface area (Å²) < 4.78 is 63.5. The van der Waals surface area contributed by atoms with Crippen molar-refractivity contribution in [1.29, 1.82) is 10.8 Å². The molecule has 0 aliphatic carbocycles. The first-order chi connectivity index (χ1) is 19.3. The second-order valence-corrected chi connectivity index (χ2v) is 7.93. The van der Waals surface area contributed by atoms with Crippen LogP contribution in [0.3, 0.4) is 0 Å². The summed E-state index contributed by atoms with van der Waals surface area (Å²) in [6.45, 7) is 0.337. The van der Waals surface area contributed by atoms with Gasteiger partial charge in [0.15, 0.2) is 0 Å². The Hall–Kier alpha value is -5.41. The molecule has 0 bridgehead atoms. The number of nitrogens with two attached hydrogens (primary N) is 2. The highest BCUT2D eigenvalue weighted by molar-refractivity contribution is 6.00. The Morgan fingerprint density at radius 2 is 1.12 bits per heavy atom. The molecule has 9 N–H and O–H groups in total. The van der Waals surface area contributed by atoms with Crippen LogP contribution in [0.4, 0.5) is 26.3 Å². The SMILES string of the molecule is N=C(N)c1cccc(C(=O)NCc2ccccc2-c2cccc(C(=N)N)c2)c1.O=C(O)C(F)(F)F.O=C(O)C(F)(F)F. The molecule has 0 fully saturated rings. The molecule has 0 saturated carbocycles. The van der Waals surface area contributed by atoms with Crippen LogP contribution in [0.25, 0.3) is 11.1 Å². The van der Waals surface area contributed by atoms with E-state index < -0.39 is 24.3 Å². The molecule has 0 saturated heterocycles. The molecule has 0 radical (unpaired) electrons. The number of halogens is 6. The zero-order valence-electron chi connectivity index (χ0n) is 21.2. The third-order valence-corrected chi connectivity index (χ3v) is 4.86. The predicted molar refractivity (Wildman–Crippen MR) is 139 cm³/mol. The van der Waals surface area contributed by atoms with Crippen molar-refractivity contribution in [2.75, 3.05) is 0 Å². The molecule has 10 nitrogen and oxygen atoms in total. The van der Waals surface area contributed by atoms with Crippen molar-refractivity contribution in [2.45, 2.75) is 18.9 Å². The maximum absolute atomic E-state index is 12.5. The van der Waals surface area contributed by atoms with E-state index in [2.05, 4.69) is 5.32 Å². The molecule has 42 heavy (non-hydrogen) atoms. The molecule has 0 aromatic heterocycles. The van der Waals surface area contributed by atoms with Gasteiger partial charge in [-0.25, -0.2) is 9.59 Å². The Morgan fingerprint density at radius 1 is 0.690 bits per heavy atom. The normalized spacial score (nSPS) is 10.6. The van der Waals surface area contributed by atoms with Gasteiger partial charge in [0.25, 0.3) is 5.91 Å². The van der Waals surface area contributed by atoms with Gasteiger partial charge < -0.3 is 27.0 Å². The van der Waals surface area contributed by atoms with Gasteiger partial charge in [-0.2, -0.15) is 26.3 Å². The van der Waals surface area contributed by atoms with Crippen LogP contribution in [0.1, 0.15) is 27.0 Å². The minimum Gasteiger partial charge on any atom is -0.475 e. The van der Waals surface area contributed by atoms with E-state index in [1.807, 2.05) is 42.5 Å². The molecule has 0 unspecified atom stereocenters. The number of carbonyl (C=O) groups is 3. The van der Waals surface area contributed by atoms with Gasteiger partial charge in [0.1, 0.15) is 11.7 Å². The number of hydrogen-bond acceptors (Lipinski definition) is 5. The molecule has 224 valence electrons. The van der Waals surface area contributed by atoms with Crippen LogP contribution in [-0.4, -0.2) is 52.1 Å². The number of amidine groups is 2. The maximum atomic E-state index is 12.5. The topological polar surface area (TPSA) is 203 Å². The average Bonchev–Trinajstić information content (AvgIpc) is 2.91. The molecular formula is C26H23F6N5O5. The first-order valence-corrected chi connectivity index (χ1v) is 11.2. The van der Waals surface area contributed by atoms with Crippen LogP contribution in [0, 0.1) is 10.8 Å². The second kappa shape index (κ2) is 14.8. The zero-order valence-corrected chi connectivity index (χ0v) is 21.2. The minimum atomic E-state index is -5.08. The Kier molecular flexibility index (Phi) is 12.2.